The molecule has 0 fully saturated rings. The van der Waals surface area contributed by atoms with Gasteiger partial charge < -0.3 is 19.6 Å². The third-order valence-electron chi connectivity index (χ3n) is 4.28. The van der Waals surface area contributed by atoms with E-state index in [0.29, 0.717) is 35.6 Å². The minimum atomic E-state index is -0.436. The van der Waals surface area contributed by atoms with Crippen LogP contribution in [0.3, 0.4) is 0 Å². The van der Waals surface area contributed by atoms with Crippen molar-refractivity contribution in [3.05, 3.63) is 58.9 Å². The van der Waals surface area contributed by atoms with Crippen LogP contribution in [0.25, 0.3) is 16.8 Å². The number of aliphatic hydroxyl groups excluding tert-OH is 1. The van der Waals surface area contributed by atoms with Gasteiger partial charge in [-0.05, 0) is 26.0 Å². The maximum atomic E-state index is 13.8. The molecule has 0 bridgehead atoms. The molecule has 0 aliphatic heterocycles. The van der Waals surface area contributed by atoms with Crippen LogP contribution in [0.4, 0.5) is 4.39 Å². The Kier molecular flexibility index (Phi) is 6.33. The van der Waals surface area contributed by atoms with Gasteiger partial charge in [0.2, 0.25) is 5.91 Å². The van der Waals surface area contributed by atoms with Crippen molar-refractivity contribution >= 4 is 11.4 Å². The van der Waals surface area contributed by atoms with Crippen LogP contribution in [0.2, 0.25) is 0 Å². The number of carbonyl (C=O) groups is 1. The summed E-state index contributed by atoms with van der Waals surface area (Å²) in [6, 6.07) is 7.39. The minimum Gasteiger partial charge on any atom is -0.492 e. The number of amides is 1. The maximum absolute atomic E-state index is 13.8. The summed E-state index contributed by atoms with van der Waals surface area (Å²) < 4.78 is 22.3. The zero-order valence-corrected chi connectivity index (χ0v) is 16.4. The summed E-state index contributed by atoms with van der Waals surface area (Å²) in [5.74, 6) is -0.269. The first-order valence-electron chi connectivity index (χ1n) is 9.43. The number of rotatable bonds is 8. The number of hydrogen-bond acceptors (Lipinski definition) is 4. The van der Waals surface area contributed by atoms with E-state index in [1.807, 2.05) is 13.8 Å². The van der Waals surface area contributed by atoms with Crippen molar-refractivity contribution in [1.29, 1.82) is 0 Å². The predicted molar refractivity (Wildman–Crippen MR) is 108 cm³/mol. The topological polar surface area (TPSA) is 85.0 Å². The normalized spacial score (nSPS) is 11.2. The Morgan fingerprint density at radius 3 is 2.76 bits per heavy atom. The van der Waals surface area contributed by atoms with Gasteiger partial charge in [-0.2, -0.15) is 0 Å². The molecule has 2 heterocycles. The molecule has 3 aromatic rings. The smallest absolute Gasteiger partial charge is 0.275 e. The van der Waals surface area contributed by atoms with Crippen molar-refractivity contribution < 1.29 is 19.0 Å². The number of nitrogens with zero attached hydrogens (tertiary/aromatic N) is 2. The number of aliphatic hydroxyl groups is 1. The molecule has 0 radical (unpaired) electrons. The highest BCUT2D eigenvalue weighted by Crippen LogP contribution is 2.22. The van der Waals surface area contributed by atoms with Crippen LogP contribution in [0, 0.1) is 5.82 Å². The van der Waals surface area contributed by atoms with Crippen molar-refractivity contribution in [2.45, 2.75) is 32.9 Å². The summed E-state index contributed by atoms with van der Waals surface area (Å²) in [5, 5.41) is 11.7. The Morgan fingerprint density at radius 2 is 2.07 bits per heavy atom. The van der Waals surface area contributed by atoms with Crippen molar-refractivity contribution in [3.8, 4) is 17.0 Å². The van der Waals surface area contributed by atoms with Crippen LogP contribution < -0.4 is 15.6 Å². The Bertz CT molecular complexity index is 1070. The largest absolute Gasteiger partial charge is 0.492 e. The van der Waals surface area contributed by atoms with E-state index in [-0.39, 0.29) is 30.7 Å². The number of ether oxygens (including phenoxy) is 1. The Hall–Kier alpha value is -3.13. The quantitative estimate of drug-likeness (QED) is 0.567. The lowest BCUT2D eigenvalue weighted by Crippen LogP contribution is -2.36. The van der Waals surface area contributed by atoms with Gasteiger partial charge in [0.1, 0.15) is 23.6 Å². The number of fused-ring (bicyclic) bond motifs is 1. The summed E-state index contributed by atoms with van der Waals surface area (Å²) >= 11 is 0. The van der Waals surface area contributed by atoms with Crippen molar-refractivity contribution in [3.63, 3.8) is 0 Å². The van der Waals surface area contributed by atoms with E-state index in [0.717, 1.165) is 0 Å². The summed E-state index contributed by atoms with van der Waals surface area (Å²) in [6.07, 6.45) is 3.79. The van der Waals surface area contributed by atoms with Crippen LogP contribution in [0.15, 0.2) is 47.5 Å². The maximum Gasteiger partial charge on any atom is 0.275 e. The highest BCUT2D eigenvalue weighted by Gasteiger charge is 2.16. The molecule has 2 aromatic heterocycles. The van der Waals surface area contributed by atoms with Gasteiger partial charge in [0.15, 0.2) is 0 Å². The third-order valence-corrected chi connectivity index (χ3v) is 4.28. The van der Waals surface area contributed by atoms with Gasteiger partial charge in [0.05, 0.1) is 18.5 Å². The summed E-state index contributed by atoms with van der Waals surface area (Å²) in [6.45, 7) is 3.80. The number of carbonyl (C=O) groups excluding carboxylic acids is 1. The van der Waals surface area contributed by atoms with Crippen molar-refractivity contribution in [2.75, 3.05) is 13.2 Å². The van der Waals surface area contributed by atoms with Gasteiger partial charge >= 0.3 is 0 Å². The second-order valence-electron chi connectivity index (χ2n) is 7.03. The summed E-state index contributed by atoms with van der Waals surface area (Å²) in [7, 11) is 0. The SMILES string of the molecule is CC(C)NC(=O)Cn1c(-c2cccc(F)c2)cn2cc(OCCCO)cc2c1=O. The van der Waals surface area contributed by atoms with E-state index in [1.165, 1.54) is 16.7 Å². The molecule has 7 nitrogen and oxygen atoms in total. The van der Waals surface area contributed by atoms with Gasteiger partial charge in [-0.25, -0.2) is 4.39 Å². The van der Waals surface area contributed by atoms with Crippen LogP contribution in [-0.4, -0.2) is 39.2 Å². The molecule has 0 aliphatic rings. The first kappa shape index (κ1) is 20.6. The predicted octanol–water partition coefficient (Wildman–Crippen LogP) is 2.19. The second-order valence-corrected chi connectivity index (χ2v) is 7.03. The summed E-state index contributed by atoms with van der Waals surface area (Å²) in [4.78, 5) is 25.5. The van der Waals surface area contributed by atoms with Crippen LogP contribution >= 0.6 is 0 Å². The standard InChI is InChI=1S/C21H24FN3O4/c1-14(2)23-20(27)13-25-19(15-5-3-6-16(22)9-15)12-24-11-17(29-8-4-7-26)10-18(24)21(25)28/h3,5-6,9-12,14,26H,4,7-8,13H2,1-2H3,(H,23,27). The van der Waals surface area contributed by atoms with Gasteiger partial charge in [-0.3, -0.25) is 14.2 Å². The lowest BCUT2D eigenvalue weighted by Gasteiger charge is -2.15. The van der Waals surface area contributed by atoms with E-state index >= 15 is 0 Å². The average molecular weight is 401 g/mol. The molecule has 0 spiro atoms. The van der Waals surface area contributed by atoms with Gasteiger partial charge in [-0.1, -0.05) is 12.1 Å². The highest BCUT2D eigenvalue weighted by molar-refractivity contribution is 5.77. The van der Waals surface area contributed by atoms with Gasteiger partial charge in [-0.15, -0.1) is 0 Å². The zero-order valence-electron chi connectivity index (χ0n) is 16.4. The number of benzene rings is 1. The van der Waals surface area contributed by atoms with E-state index in [1.54, 1.807) is 35.0 Å². The molecule has 0 unspecified atom stereocenters. The van der Waals surface area contributed by atoms with Gasteiger partial charge in [0, 0.05) is 36.9 Å². The minimum absolute atomic E-state index is 0.00879. The number of hydrogen-bond donors (Lipinski definition) is 2. The Balaban J connectivity index is 2.10. The molecular weight excluding hydrogens is 377 g/mol. The lowest BCUT2D eigenvalue weighted by atomic mass is 10.1. The lowest BCUT2D eigenvalue weighted by molar-refractivity contribution is -0.122. The molecule has 1 amide bonds. The van der Waals surface area contributed by atoms with Crippen LogP contribution in [0.5, 0.6) is 5.75 Å². The summed E-state index contributed by atoms with van der Waals surface area (Å²) in [5.41, 5.74) is 0.848. The first-order valence-corrected chi connectivity index (χ1v) is 9.43. The molecule has 2 N–H and O–H groups in total. The monoisotopic (exact) mass is 401 g/mol. The molecule has 29 heavy (non-hydrogen) atoms. The molecule has 8 heteroatoms. The molecular formula is C21H24FN3O4. The number of aromatic nitrogens is 2. The molecule has 0 saturated heterocycles. The van der Waals surface area contributed by atoms with E-state index in [4.69, 9.17) is 9.84 Å². The Labute approximate surface area is 167 Å². The molecule has 154 valence electrons. The molecule has 1 aromatic carbocycles. The van der Waals surface area contributed by atoms with E-state index in [2.05, 4.69) is 5.32 Å². The van der Waals surface area contributed by atoms with Crippen molar-refractivity contribution in [2.24, 2.45) is 0 Å². The second kappa shape index (κ2) is 8.91. The fraction of sp³-hybridized carbons (Fsp3) is 0.333. The molecule has 0 atom stereocenters. The number of halogens is 1. The van der Waals surface area contributed by atoms with Crippen molar-refractivity contribution in [1.82, 2.24) is 14.3 Å². The van der Waals surface area contributed by atoms with E-state index < -0.39 is 5.82 Å². The average Bonchev–Trinajstić information content (AvgIpc) is 3.07. The van der Waals surface area contributed by atoms with Crippen LogP contribution in [0.1, 0.15) is 20.3 Å². The third kappa shape index (κ3) is 4.83. The van der Waals surface area contributed by atoms with E-state index in [9.17, 15) is 14.0 Å². The van der Waals surface area contributed by atoms with Crippen LogP contribution in [-0.2, 0) is 11.3 Å². The van der Waals surface area contributed by atoms with Gasteiger partial charge in [0.25, 0.3) is 5.56 Å². The first-order chi connectivity index (χ1) is 13.9. The molecule has 0 aliphatic carbocycles. The zero-order chi connectivity index (χ0) is 21.0. The fourth-order valence-corrected chi connectivity index (χ4v) is 3.06. The Morgan fingerprint density at radius 1 is 1.28 bits per heavy atom. The highest BCUT2D eigenvalue weighted by atomic mass is 19.1. The molecule has 0 saturated carbocycles. The molecule has 3 rings (SSSR count). The fourth-order valence-electron chi connectivity index (χ4n) is 3.06. The number of nitrogens with one attached hydrogen (secondary N) is 1.